The van der Waals surface area contributed by atoms with Gasteiger partial charge in [-0.2, -0.15) is 0 Å². The zero-order chi connectivity index (χ0) is 16.0. The molecule has 5 aliphatic heterocycles. The molecule has 5 aliphatic rings. The van der Waals surface area contributed by atoms with Gasteiger partial charge in [-0.15, -0.1) is 0 Å². The van der Waals surface area contributed by atoms with Crippen LogP contribution >= 0.6 is 0 Å². The van der Waals surface area contributed by atoms with E-state index in [1.54, 1.807) is 0 Å². The molecule has 0 radical (unpaired) electrons. The van der Waals surface area contributed by atoms with E-state index in [1.165, 1.54) is 101 Å². The van der Waals surface area contributed by atoms with Crippen LogP contribution in [-0.2, 0) is 9.47 Å². The lowest BCUT2D eigenvalue weighted by Crippen LogP contribution is -3.00. The van der Waals surface area contributed by atoms with Crippen molar-refractivity contribution in [1.29, 1.82) is 0 Å². The van der Waals surface area contributed by atoms with Gasteiger partial charge >= 0.3 is 0 Å². The number of epoxide rings is 2. The Morgan fingerprint density at radius 3 is 1.15 bits per heavy atom. The number of hydrogen-bond acceptors (Lipinski definition) is 4. The largest absolute Gasteiger partial charge is 1.00 e. The Kier molecular flexibility index (Phi) is 6.78. The molecule has 26 heavy (non-hydrogen) atoms. The Hall–Kier alpha value is 0.340. The van der Waals surface area contributed by atoms with Crippen LogP contribution in [0.4, 0.5) is 0 Å². The molecular formula is C18H34Cl2N4O2. The number of halogens is 2. The van der Waals surface area contributed by atoms with E-state index in [9.17, 15) is 0 Å². The molecule has 0 N–H and O–H groups in total. The number of piperazine rings is 3. The number of hydrogen-bond donors (Lipinski definition) is 0. The second kappa shape index (κ2) is 8.37. The first-order valence-corrected chi connectivity index (χ1v) is 10.1. The third-order valence-corrected chi connectivity index (χ3v) is 7.39. The van der Waals surface area contributed by atoms with Crippen molar-refractivity contribution in [2.75, 3.05) is 105 Å². The molecule has 0 bridgehead atoms. The van der Waals surface area contributed by atoms with Crippen molar-refractivity contribution in [2.24, 2.45) is 0 Å². The Morgan fingerprint density at radius 2 is 0.885 bits per heavy atom. The van der Waals surface area contributed by atoms with E-state index in [0.717, 1.165) is 13.2 Å². The van der Waals surface area contributed by atoms with Gasteiger partial charge in [-0.1, -0.05) is 0 Å². The maximum Gasteiger partial charge on any atom is 0.129 e. The molecule has 0 aromatic rings. The average Bonchev–Trinajstić information content (AvgIpc) is 3.52. The van der Waals surface area contributed by atoms with Crippen LogP contribution < -0.4 is 24.8 Å². The second-order valence-electron chi connectivity index (χ2n) is 8.98. The van der Waals surface area contributed by atoms with Crippen molar-refractivity contribution in [2.45, 2.75) is 12.2 Å². The predicted molar refractivity (Wildman–Crippen MR) is 91.8 cm³/mol. The van der Waals surface area contributed by atoms with E-state index >= 15 is 0 Å². The van der Waals surface area contributed by atoms with Crippen LogP contribution in [0.3, 0.4) is 0 Å². The van der Waals surface area contributed by atoms with Gasteiger partial charge in [0, 0.05) is 39.3 Å². The zero-order valence-electron chi connectivity index (χ0n) is 15.8. The molecule has 5 saturated heterocycles. The van der Waals surface area contributed by atoms with Gasteiger partial charge in [-0.3, -0.25) is 9.80 Å². The van der Waals surface area contributed by atoms with Gasteiger partial charge in [0.25, 0.3) is 0 Å². The van der Waals surface area contributed by atoms with Gasteiger partial charge in [0.05, 0.1) is 51.6 Å². The van der Waals surface area contributed by atoms with Crippen LogP contribution in [-0.4, -0.2) is 136 Å². The Bertz CT molecular complexity index is 406. The van der Waals surface area contributed by atoms with Crippen LogP contribution in [0.2, 0.25) is 0 Å². The minimum atomic E-state index is 0. The van der Waals surface area contributed by atoms with E-state index in [0.29, 0.717) is 12.2 Å². The highest BCUT2D eigenvalue weighted by atomic mass is 35.5. The molecule has 0 aromatic heterocycles. The van der Waals surface area contributed by atoms with Crippen molar-refractivity contribution >= 4 is 0 Å². The normalized spacial score (nSPS) is 35.5. The van der Waals surface area contributed by atoms with E-state index in [1.807, 2.05) is 0 Å². The van der Waals surface area contributed by atoms with E-state index in [4.69, 9.17) is 9.47 Å². The Balaban J connectivity index is 0.000000980. The fourth-order valence-electron chi connectivity index (χ4n) is 5.12. The fourth-order valence-corrected chi connectivity index (χ4v) is 5.12. The molecular weight excluding hydrogens is 375 g/mol. The van der Waals surface area contributed by atoms with Crippen LogP contribution in [0.1, 0.15) is 0 Å². The summed E-state index contributed by atoms with van der Waals surface area (Å²) in [6.45, 7) is 20.7. The minimum Gasteiger partial charge on any atom is -1.00 e. The third-order valence-electron chi connectivity index (χ3n) is 7.39. The maximum atomic E-state index is 5.40. The van der Waals surface area contributed by atoms with E-state index in [-0.39, 0.29) is 24.8 Å². The van der Waals surface area contributed by atoms with Crippen molar-refractivity contribution in [3.63, 3.8) is 0 Å². The Morgan fingerprint density at radius 1 is 0.577 bits per heavy atom. The smallest absolute Gasteiger partial charge is 0.129 e. The van der Waals surface area contributed by atoms with Crippen molar-refractivity contribution in [1.82, 2.24) is 9.80 Å². The molecule has 152 valence electrons. The molecule has 2 atom stereocenters. The molecule has 8 heteroatoms. The van der Waals surface area contributed by atoms with Crippen molar-refractivity contribution in [3.8, 4) is 0 Å². The quantitative estimate of drug-likeness (QED) is 0.341. The standard InChI is InChI=1S/C18H34N4O2.2ClH/c1-5-21(6-2-19(1)13-17-15-23-17)9-11-22(12-10-21)7-3-20(4-8-22)14-18-16-24-18;;/h17-18H,1-16H2;2*1H/q+2;;/p-2. The summed E-state index contributed by atoms with van der Waals surface area (Å²) in [7, 11) is 0. The van der Waals surface area contributed by atoms with E-state index < -0.39 is 0 Å². The average molecular weight is 409 g/mol. The van der Waals surface area contributed by atoms with Crippen LogP contribution in [0.25, 0.3) is 0 Å². The Labute approximate surface area is 170 Å². The molecule has 0 aliphatic carbocycles. The van der Waals surface area contributed by atoms with Crippen molar-refractivity contribution in [3.05, 3.63) is 0 Å². The molecule has 6 nitrogen and oxygen atoms in total. The number of quaternary nitrogens is 2. The maximum absolute atomic E-state index is 5.40. The summed E-state index contributed by atoms with van der Waals surface area (Å²) in [6.07, 6.45) is 1.12. The molecule has 0 saturated carbocycles. The summed E-state index contributed by atoms with van der Waals surface area (Å²) >= 11 is 0. The van der Waals surface area contributed by atoms with Crippen molar-refractivity contribution < 1.29 is 43.3 Å². The summed E-state index contributed by atoms with van der Waals surface area (Å²) in [5.41, 5.74) is 0. The van der Waals surface area contributed by atoms with Gasteiger partial charge in [-0.25, -0.2) is 0 Å². The van der Waals surface area contributed by atoms with Gasteiger partial charge < -0.3 is 43.3 Å². The monoisotopic (exact) mass is 408 g/mol. The SMILES string of the molecule is C1OC1CN1CC[N+]2(CC1)CC[N+]1(CCN(CC3CO3)CC1)CC2.[Cl-].[Cl-]. The van der Waals surface area contributed by atoms with Gasteiger partial charge in [-0.05, 0) is 0 Å². The highest BCUT2D eigenvalue weighted by Crippen LogP contribution is 2.25. The fraction of sp³-hybridized carbons (Fsp3) is 1.00. The first-order valence-electron chi connectivity index (χ1n) is 10.1. The summed E-state index contributed by atoms with van der Waals surface area (Å²) < 4.78 is 13.6. The molecule has 2 unspecified atom stereocenters. The molecule has 5 heterocycles. The topological polar surface area (TPSA) is 31.5 Å². The first-order chi connectivity index (χ1) is 11.7. The first kappa shape index (κ1) is 21.1. The summed E-state index contributed by atoms with van der Waals surface area (Å²) in [4.78, 5) is 5.28. The van der Waals surface area contributed by atoms with Gasteiger partial charge in [0.15, 0.2) is 0 Å². The third kappa shape index (κ3) is 4.84. The summed E-state index contributed by atoms with van der Waals surface area (Å²) in [5, 5.41) is 0. The van der Waals surface area contributed by atoms with Gasteiger partial charge in [0.1, 0.15) is 26.2 Å². The lowest BCUT2D eigenvalue weighted by Gasteiger charge is -2.54. The number of ether oxygens (including phenoxy) is 2. The van der Waals surface area contributed by atoms with E-state index in [2.05, 4.69) is 9.80 Å². The molecule has 5 fully saturated rings. The summed E-state index contributed by atoms with van der Waals surface area (Å²) in [6, 6.07) is 0. The van der Waals surface area contributed by atoms with Crippen LogP contribution in [0, 0.1) is 0 Å². The molecule has 0 aromatic carbocycles. The van der Waals surface area contributed by atoms with Crippen LogP contribution in [0.15, 0.2) is 0 Å². The highest BCUT2D eigenvalue weighted by Gasteiger charge is 2.45. The minimum absolute atomic E-state index is 0. The van der Waals surface area contributed by atoms with Crippen LogP contribution in [0.5, 0.6) is 0 Å². The molecule has 5 rings (SSSR count). The summed E-state index contributed by atoms with van der Waals surface area (Å²) in [5.74, 6) is 0. The lowest BCUT2D eigenvalue weighted by atomic mass is 10.1. The zero-order valence-corrected chi connectivity index (χ0v) is 17.3. The number of nitrogens with zero attached hydrogens (tertiary/aromatic N) is 4. The lowest BCUT2D eigenvalue weighted by molar-refractivity contribution is -1.03. The molecule has 2 spiro atoms. The highest BCUT2D eigenvalue weighted by molar-refractivity contribution is 4.78. The number of rotatable bonds is 4. The molecule has 0 amide bonds. The van der Waals surface area contributed by atoms with Gasteiger partial charge in [0.2, 0.25) is 0 Å². The predicted octanol–water partition coefficient (Wildman–Crippen LogP) is -6.93. The second-order valence-corrected chi connectivity index (χ2v) is 8.98.